The zero-order valence-electron chi connectivity index (χ0n) is 15.1. The van der Waals surface area contributed by atoms with Gasteiger partial charge in [-0.2, -0.15) is 0 Å². The first kappa shape index (κ1) is 19.8. The molecular weight excluding hydrogens is 422 g/mol. The summed E-state index contributed by atoms with van der Waals surface area (Å²) >= 11 is 11.4. The van der Waals surface area contributed by atoms with Crippen molar-refractivity contribution < 1.29 is 23.5 Å². The van der Waals surface area contributed by atoms with Crippen molar-refractivity contribution in [3.8, 4) is 11.5 Å². The molecule has 2 aromatic rings. The molecule has 0 radical (unpaired) electrons. The highest BCUT2D eigenvalue weighted by Crippen LogP contribution is 2.60. The van der Waals surface area contributed by atoms with Gasteiger partial charge in [-0.3, -0.25) is 4.79 Å². The van der Waals surface area contributed by atoms with Crippen molar-refractivity contribution >= 4 is 35.2 Å². The molecule has 5 rings (SSSR count). The van der Waals surface area contributed by atoms with Gasteiger partial charge < -0.3 is 20.1 Å². The van der Waals surface area contributed by atoms with E-state index in [9.17, 15) is 14.0 Å². The molecule has 29 heavy (non-hydrogen) atoms. The van der Waals surface area contributed by atoms with Gasteiger partial charge in [-0.15, -0.1) is 0 Å². The van der Waals surface area contributed by atoms with Gasteiger partial charge in [0.1, 0.15) is 17.3 Å². The molecule has 0 aliphatic heterocycles. The first-order valence-electron chi connectivity index (χ1n) is 8.91. The molecule has 0 aromatic heterocycles. The van der Waals surface area contributed by atoms with Crippen LogP contribution in [-0.4, -0.2) is 29.7 Å². The van der Waals surface area contributed by atoms with Crippen LogP contribution in [0.25, 0.3) is 0 Å². The molecule has 0 spiro atoms. The third kappa shape index (κ3) is 4.26. The standard InChI is InChI=1S/C20H17Cl2FN2O4/c21-12-1-3-13(4-2-12)29-18(27)25-20-9-19(10-20,11-20)24-17(26)8-28-14-5-6-15(22)16(23)7-14/h1-7H,8-11H2,(H,24,26)(H,25,27). The summed E-state index contributed by atoms with van der Waals surface area (Å²) in [5.74, 6) is -0.292. The lowest BCUT2D eigenvalue weighted by Gasteiger charge is -2.70. The maximum Gasteiger partial charge on any atom is 0.413 e. The van der Waals surface area contributed by atoms with Gasteiger partial charge in [-0.05, 0) is 55.7 Å². The predicted molar refractivity (Wildman–Crippen MR) is 105 cm³/mol. The van der Waals surface area contributed by atoms with Crippen molar-refractivity contribution in [2.24, 2.45) is 0 Å². The lowest BCUT2D eigenvalue weighted by molar-refractivity contribution is -0.141. The van der Waals surface area contributed by atoms with Crippen molar-refractivity contribution in [1.82, 2.24) is 10.6 Å². The van der Waals surface area contributed by atoms with E-state index >= 15 is 0 Å². The number of ether oxygens (including phenoxy) is 2. The minimum Gasteiger partial charge on any atom is -0.484 e. The van der Waals surface area contributed by atoms with E-state index in [0.717, 1.165) is 6.07 Å². The van der Waals surface area contributed by atoms with Crippen LogP contribution in [0.15, 0.2) is 42.5 Å². The summed E-state index contributed by atoms with van der Waals surface area (Å²) < 4.78 is 23.9. The van der Waals surface area contributed by atoms with Crippen LogP contribution in [0.1, 0.15) is 19.3 Å². The van der Waals surface area contributed by atoms with E-state index in [1.165, 1.54) is 12.1 Å². The van der Waals surface area contributed by atoms with E-state index < -0.39 is 11.9 Å². The largest absolute Gasteiger partial charge is 0.484 e. The lowest BCUT2D eigenvalue weighted by atomic mass is 9.44. The average molecular weight is 439 g/mol. The van der Waals surface area contributed by atoms with Crippen LogP contribution in [0.4, 0.5) is 9.18 Å². The van der Waals surface area contributed by atoms with Crippen LogP contribution < -0.4 is 20.1 Å². The molecule has 0 unspecified atom stereocenters. The molecule has 2 aromatic carbocycles. The summed E-state index contributed by atoms with van der Waals surface area (Å²) in [6, 6.07) is 10.5. The Morgan fingerprint density at radius 2 is 1.59 bits per heavy atom. The summed E-state index contributed by atoms with van der Waals surface area (Å²) in [7, 11) is 0. The SMILES string of the molecule is O=C(COc1ccc(Cl)c(F)c1)NC12CC(NC(=O)Oc3ccc(Cl)cc3)(C1)C2. The van der Waals surface area contributed by atoms with E-state index in [4.69, 9.17) is 32.7 Å². The molecule has 6 nitrogen and oxygen atoms in total. The topological polar surface area (TPSA) is 76.7 Å². The van der Waals surface area contributed by atoms with E-state index in [2.05, 4.69) is 10.6 Å². The van der Waals surface area contributed by atoms with E-state index in [-0.39, 0.29) is 34.4 Å². The number of halogens is 3. The summed E-state index contributed by atoms with van der Waals surface area (Å²) in [6.07, 6.45) is 1.32. The van der Waals surface area contributed by atoms with Crippen LogP contribution in [0.2, 0.25) is 10.0 Å². The molecule has 0 atom stereocenters. The fraction of sp³-hybridized carbons (Fsp3) is 0.300. The number of carbonyl (C=O) groups excluding carboxylic acids is 2. The van der Waals surface area contributed by atoms with Crippen molar-refractivity contribution in [3.63, 3.8) is 0 Å². The molecule has 0 heterocycles. The number of amides is 2. The number of carbonyl (C=O) groups is 2. The molecule has 0 saturated heterocycles. The van der Waals surface area contributed by atoms with Gasteiger partial charge in [0.2, 0.25) is 0 Å². The van der Waals surface area contributed by atoms with Crippen LogP contribution >= 0.6 is 23.2 Å². The Morgan fingerprint density at radius 1 is 0.966 bits per heavy atom. The predicted octanol–water partition coefficient (Wildman–Crippen LogP) is 4.09. The first-order valence-corrected chi connectivity index (χ1v) is 9.67. The van der Waals surface area contributed by atoms with Crippen molar-refractivity contribution in [2.45, 2.75) is 30.3 Å². The second-order valence-corrected chi connectivity index (χ2v) is 8.32. The Bertz CT molecular complexity index is 948. The molecule has 2 bridgehead atoms. The second-order valence-electron chi connectivity index (χ2n) is 7.47. The minimum absolute atomic E-state index is 0.0111. The number of nitrogens with one attached hydrogen (secondary N) is 2. The van der Waals surface area contributed by atoms with Crippen LogP contribution in [0.3, 0.4) is 0 Å². The molecule has 2 N–H and O–H groups in total. The zero-order chi connectivity index (χ0) is 20.6. The maximum absolute atomic E-state index is 13.4. The highest BCUT2D eigenvalue weighted by Gasteiger charge is 2.69. The zero-order valence-corrected chi connectivity index (χ0v) is 16.6. The average Bonchev–Trinajstić information content (AvgIpc) is 2.62. The van der Waals surface area contributed by atoms with E-state index in [0.29, 0.717) is 30.0 Å². The third-order valence-electron chi connectivity index (χ3n) is 5.09. The number of hydrogen-bond acceptors (Lipinski definition) is 4. The van der Waals surface area contributed by atoms with E-state index in [1.807, 2.05) is 0 Å². The van der Waals surface area contributed by atoms with Crippen LogP contribution in [-0.2, 0) is 4.79 Å². The highest BCUT2D eigenvalue weighted by molar-refractivity contribution is 6.31. The fourth-order valence-corrected chi connectivity index (χ4v) is 4.20. The van der Waals surface area contributed by atoms with Gasteiger partial charge in [0.05, 0.1) is 10.6 Å². The molecule has 3 aliphatic rings. The van der Waals surface area contributed by atoms with Crippen LogP contribution in [0.5, 0.6) is 11.5 Å². The number of hydrogen-bond donors (Lipinski definition) is 2. The van der Waals surface area contributed by atoms with Gasteiger partial charge in [0.15, 0.2) is 6.61 Å². The van der Waals surface area contributed by atoms with Crippen molar-refractivity contribution in [1.29, 1.82) is 0 Å². The Kier molecular flexibility index (Phi) is 5.04. The smallest absolute Gasteiger partial charge is 0.413 e. The third-order valence-corrected chi connectivity index (χ3v) is 5.65. The molecule has 9 heteroatoms. The number of benzene rings is 2. The van der Waals surface area contributed by atoms with E-state index in [1.54, 1.807) is 24.3 Å². The molecule has 3 fully saturated rings. The minimum atomic E-state index is -0.609. The van der Waals surface area contributed by atoms with Gasteiger partial charge in [0.25, 0.3) is 5.91 Å². The molecular formula is C20H17Cl2FN2O4. The molecule has 3 aliphatic carbocycles. The molecule has 152 valence electrons. The fourth-order valence-electron chi connectivity index (χ4n) is 3.95. The van der Waals surface area contributed by atoms with Gasteiger partial charge in [0, 0.05) is 16.6 Å². The quantitative estimate of drug-likeness (QED) is 0.711. The first-order chi connectivity index (χ1) is 13.8. The summed E-state index contributed by atoms with van der Waals surface area (Å²) in [6.45, 7) is -0.234. The van der Waals surface area contributed by atoms with Crippen molar-refractivity contribution in [3.05, 3.63) is 58.3 Å². The van der Waals surface area contributed by atoms with Gasteiger partial charge in [-0.1, -0.05) is 23.2 Å². The maximum atomic E-state index is 13.4. The van der Waals surface area contributed by atoms with Gasteiger partial charge in [-0.25, -0.2) is 9.18 Å². The Hall–Kier alpha value is -2.51. The second kappa shape index (κ2) is 7.39. The molecule has 2 amide bonds. The molecule has 3 saturated carbocycles. The number of rotatable bonds is 6. The summed E-state index contributed by atoms with van der Waals surface area (Å²) in [5, 5.41) is 6.32. The summed E-state index contributed by atoms with van der Waals surface area (Å²) in [4.78, 5) is 24.2. The lowest BCUT2D eigenvalue weighted by Crippen LogP contribution is -2.84. The summed E-state index contributed by atoms with van der Waals surface area (Å²) in [5.41, 5.74) is -0.684. The van der Waals surface area contributed by atoms with Crippen molar-refractivity contribution in [2.75, 3.05) is 6.61 Å². The van der Waals surface area contributed by atoms with Crippen LogP contribution in [0, 0.1) is 5.82 Å². The highest BCUT2D eigenvalue weighted by atomic mass is 35.5. The Labute approximate surface area is 176 Å². The normalized spacial score (nSPS) is 24.0. The van der Waals surface area contributed by atoms with Gasteiger partial charge >= 0.3 is 6.09 Å². The monoisotopic (exact) mass is 438 g/mol. The Balaban J connectivity index is 1.20. The Morgan fingerprint density at radius 3 is 2.24 bits per heavy atom.